The maximum absolute atomic E-state index is 12.0. The Balaban J connectivity index is 2.70. The molecule has 1 aromatic rings. The predicted molar refractivity (Wildman–Crippen MR) is 65.0 cm³/mol. The van der Waals surface area contributed by atoms with E-state index in [9.17, 15) is 4.79 Å². The molecule has 0 aliphatic carbocycles. The van der Waals surface area contributed by atoms with Crippen molar-refractivity contribution in [3.8, 4) is 5.75 Å². The van der Waals surface area contributed by atoms with E-state index in [0.717, 1.165) is 6.42 Å². The van der Waals surface area contributed by atoms with E-state index in [4.69, 9.17) is 16.7 Å². The number of benzene rings is 1. The Bertz CT molecular complexity index is 337. The summed E-state index contributed by atoms with van der Waals surface area (Å²) in [6.45, 7) is 3.27. The van der Waals surface area contributed by atoms with Crippen molar-refractivity contribution in [2.45, 2.75) is 13.3 Å². The lowest BCUT2D eigenvalue weighted by Gasteiger charge is -2.20. The van der Waals surface area contributed by atoms with Crippen LogP contribution in [-0.2, 0) is 0 Å². The molecule has 0 spiro atoms. The molecule has 0 fully saturated rings. The average molecular weight is 242 g/mol. The van der Waals surface area contributed by atoms with Crippen molar-refractivity contribution < 1.29 is 9.90 Å². The number of phenols is 1. The van der Waals surface area contributed by atoms with Gasteiger partial charge < -0.3 is 10.0 Å². The van der Waals surface area contributed by atoms with Crippen LogP contribution in [0, 0.1) is 0 Å². The van der Waals surface area contributed by atoms with Crippen molar-refractivity contribution in [2.75, 3.05) is 19.0 Å². The molecule has 0 radical (unpaired) electrons. The minimum atomic E-state index is -0.0207. The topological polar surface area (TPSA) is 40.5 Å². The van der Waals surface area contributed by atoms with E-state index >= 15 is 0 Å². The van der Waals surface area contributed by atoms with Gasteiger partial charge in [-0.15, -0.1) is 11.6 Å². The molecule has 16 heavy (non-hydrogen) atoms. The summed E-state index contributed by atoms with van der Waals surface area (Å²) < 4.78 is 0. The zero-order chi connectivity index (χ0) is 12.0. The number of alkyl halides is 1. The van der Waals surface area contributed by atoms with Gasteiger partial charge in [0, 0.05) is 24.5 Å². The molecule has 1 rings (SSSR count). The first kappa shape index (κ1) is 12.8. The summed E-state index contributed by atoms with van der Waals surface area (Å²) in [7, 11) is 0. The van der Waals surface area contributed by atoms with Crippen LogP contribution < -0.4 is 0 Å². The normalized spacial score (nSPS) is 10.1. The highest BCUT2D eigenvalue weighted by Crippen LogP contribution is 2.12. The molecule has 1 aromatic carbocycles. The van der Waals surface area contributed by atoms with Gasteiger partial charge in [-0.05, 0) is 37.6 Å². The molecule has 0 aliphatic rings. The lowest BCUT2D eigenvalue weighted by Crippen LogP contribution is -2.31. The van der Waals surface area contributed by atoms with Crippen molar-refractivity contribution >= 4 is 17.5 Å². The molecule has 0 aliphatic heterocycles. The standard InChI is InChI=1S/C12H16ClNO2/c1-2-14(9-3-8-13)12(16)10-4-6-11(15)7-5-10/h4-7,15H,2-3,8-9H2,1H3. The molecule has 88 valence electrons. The fraction of sp³-hybridized carbons (Fsp3) is 0.417. The number of nitrogens with zero attached hydrogens (tertiary/aromatic N) is 1. The second-order valence-electron chi connectivity index (χ2n) is 3.47. The number of carbonyl (C=O) groups is 1. The Labute approximate surface area is 101 Å². The van der Waals surface area contributed by atoms with Crippen LogP contribution >= 0.6 is 11.6 Å². The Morgan fingerprint density at radius 2 is 2.00 bits per heavy atom. The highest BCUT2D eigenvalue weighted by Gasteiger charge is 2.13. The number of hydrogen-bond acceptors (Lipinski definition) is 2. The van der Waals surface area contributed by atoms with Gasteiger partial charge in [-0.25, -0.2) is 0 Å². The number of carbonyl (C=O) groups excluding carboxylic acids is 1. The van der Waals surface area contributed by atoms with Crippen LogP contribution in [0.25, 0.3) is 0 Å². The van der Waals surface area contributed by atoms with Crippen LogP contribution in [-0.4, -0.2) is 34.9 Å². The summed E-state index contributed by atoms with van der Waals surface area (Å²) in [5.41, 5.74) is 0.592. The lowest BCUT2D eigenvalue weighted by atomic mass is 10.2. The number of hydrogen-bond donors (Lipinski definition) is 1. The Morgan fingerprint density at radius 1 is 1.38 bits per heavy atom. The molecule has 3 nitrogen and oxygen atoms in total. The Hall–Kier alpha value is -1.22. The fourth-order valence-electron chi connectivity index (χ4n) is 1.44. The van der Waals surface area contributed by atoms with E-state index in [0.29, 0.717) is 24.5 Å². The number of aromatic hydroxyl groups is 1. The quantitative estimate of drug-likeness (QED) is 0.805. The molecule has 0 heterocycles. The minimum Gasteiger partial charge on any atom is -0.508 e. The molecule has 0 saturated carbocycles. The van der Waals surface area contributed by atoms with Crippen molar-refractivity contribution in [2.24, 2.45) is 0 Å². The summed E-state index contributed by atoms with van der Waals surface area (Å²) in [5, 5.41) is 9.13. The number of rotatable bonds is 5. The first-order valence-electron chi connectivity index (χ1n) is 5.33. The molecule has 1 N–H and O–H groups in total. The molecule has 0 unspecified atom stereocenters. The zero-order valence-electron chi connectivity index (χ0n) is 9.32. The lowest BCUT2D eigenvalue weighted by molar-refractivity contribution is 0.0765. The van der Waals surface area contributed by atoms with Gasteiger partial charge in [0.2, 0.25) is 0 Å². The third-order valence-corrected chi connectivity index (χ3v) is 2.61. The maximum atomic E-state index is 12.0. The average Bonchev–Trinajstić information content (AvgIpc) is 2.30. The van der Waals surface area contributed by atoms with Crippen molar-refractivity contribution in [3.05, 3.63) is 29.8 Å². The Kier molecular flexibility index (Phi) is 5.12. The third kappa shape index (κ3) is 3.42. The van der Waals surface area contributed by atoms with Gasteiger partial charge >= 0.3 is 0 Å². The summed E-state index contributed by atoms with van der Waals surface area (Å²) in [6.07, 6.45) is 0.791. The van der Waals surface area contributed by atoms with Crippen LogP contribution in [0.2, 0.25) is 0 Å². The molecule has 0 atom stereocenters. The largest absolute Gasteiger partial charge is 0.508 e. The van der Waals surface area contributed by atoms with Crippen LogP contribution in [0.1, 0.15) is 23.7 Å². The number of halogens is 1. The van der Waals surface area contributed by atoms with E-state index < -0.39 is 0 Å². The van der Waals surface area contributed by atoms with Gasteiger partial charge in [0.15, 0.2) is 0 Å². The van der Waals surface area contributed by atoms with E-state index in [1.165, 1.54) is 12.1 Å². The zero-order valence-corrected chi connectivity index (χ0v) is 10.1. The summed E-state index contributed by atoms with van der Waals surface area (Å²) in [6, 6.07) is 6.29. The van der Waals surface area contributed by atoms with Crippen LogP contribution in [0.4, 0.5) is 0 Å². The minimum absolute atomic E-state index is 0.0207. The van der Waals surface area contributed by atoms with Crippen LogP contribution in [0.15, 0.2) is 24.3 Å². The second kappa shape index (κ2) is 6.38. The van der Waals surface area contributed by atoms with Gasteiger partial charge in [-0.1, -0.05) is 0 Å². The molecule has 0 saturated heterocycles. The molecule has 4 heteroatoms. The van der Waals surface area contributed by atoms with Crippen LogP contribution in [0.5, 0.6) is 5.75 Å². The summed E-state index contributed by atoms with van der Waals surface area (Å²) >= 11 is 5.60. The van der Waals surface area contributed by atoms with E-state index in [1.54, 1.807) is 17.0 Å². The molecular formula is C12H16ClNO2. The van der Waals surface area contributed by atoms with Crippen molar-refractivity contribution in [1.82, 2.24) is 4.90 Å². The van der Waals surface area contributed by atoms with Crippen molar-refractivity contribution in [1.29, 1.82) is 0 Å². The third-order valence-electron chi connectivity index (χ3n) is 2.34. The highest BCUT2D eigenvalue weighted by molar-refractivity contribution is 6.17. The summed E-state index contributed by atoms with van der Waals surface area (Å²) in [5.74, 6) is 0.701. The van der Waals surface area contributed by atoms with Gasteiger partial charge in [0.05, 0.1) is 0 Å². The van der Waals surface area contributed by atoms with Gasteiger partial charge in [-0.3, -0.25) is 4.79 Å². The monoisotopic (exact) mass is 241 g/mol. The molecule has 0 aromatic heterocycles. The van der Waals surface area contributed by atoms with Gasteiger partial charge in [0.1, 0.15) is 5.75 Å². The Morgan fingerprint density at radius 3 is 2.50 bits per heavy atom. The first-order chi connectivity index (χ1) is 7.69. The summed E-state index contributed by atoms with van der Waals surface area (Å²) in [4.78, 5) is 13.7. The molecule has 1 amide bonds. The first-order valence-corrected chi connectivity index (χ1v) is 5.86. The van der Waals surface area contributed by atoms with E-state index in [-0.39, 0.29) is 11.7 Å². The van der Waals surface area contributed by atoms with Crippen LogP contribution in [0.3, 0.4) is 0 Å². The fourth-order valence-corrected chi connectivity index (χ4v) is 1.56. The van der Waals surface area contributed by atoms with E-state index in [2.05, 4.69) is 0 Å². The maximum Gasteiger partial charge on any atom is 0.253 e. The molecule has 0 bridgehead atoms. The van der Waals surface area contributed by atoms with E-state index in [1.807, 2.05) is 6.92 Å². The predicted octanol–water partition coefficient (Wildman–Crippen LogP) is 2.48. The SMILES string of the molecule is CCN(CCCCl)C(=O)c1ccc(O)cc1. The van der Waals surface area contributed by atoms with Gasteiger partial charge in [0.25, 0.3) is 5.91 Å². The number of amides is 1. The van der Waals surface area contributed by atoms with Gasteiger partial charge in [-0.2, -0.15) is 0 Å². The smallest absolute Gasteiger partial charge is 0.253 e. The van der Waals surface area contributed by atoms with Crippen molar-refractivity contribution in [3.63, 3.8) is 0 Å². The molecular weight excluding hydrogens is 226 g/mol. The number of phenolic OH excluding ortho intramolecular Hbond substituents is 1. The highest BCUT2D eigenvalue weighted by atomic mass is 35.5. The second-order valence-corrected chi connectivity index (χ2v) is 3.85.